The summed E-state index contributed by atoms with van der Waals surface area (Å²) in [6.07, 6.45) is 0. The van der Waals surface area contributed by atoms with Gasteiger partial charge in [0.1, 0.15) is 24.0 Å². The van der Waals surface area contributed by atoms with Crippen molar-refractivity contribution in [2.45, 2.75) is 12.5 Å². The monoisotopic (exact) mass is 268 g/mol. The molecule has 4 heteroatoms. The number of alkyl halides is 1. The first kappa shape index (κ1) is 12.8. The van der Waals surface area contributed by atoms with E-state index in [4.69, 9.17) is 16.3 Å². The molecule has 0 unspecified atom stereocenters. The van der Waals surface area contributed by atoms with Gasteiger partial charge in [-0.1, -0.05) is 12.1 Å². The minimum absolute atomic E-state index is 0.0534. The second kappa shape index (κ2) is 5.83. The van der Waals surface area contributed by atoms with E-state index in [9.17, 15) is 8.78 Å². The first-order chi connectivity index (χ1) is 8.69. The predicted octanol–water partition coefficient (Wildman–Crippen LogP) is 4.28. The van der Waals surface area contributed by atoms with Crippen molar-refractivity contribution in [3.8, 4) is 5.75 Å². The van der Waals surface area contributed by atoms with Gasteiger partial charge in [-0.3, -0.25) is 0 Å². The molecule has 0 amide bonds. The van der Waals surface area contributed by atoms with Gasteiger partial charge < -0.3 is 4.74 Å². The molecule has 0 aromatic heterocycles. The molecule has 0 bridgehead atoms. The number of rotatable bonds is 4. The highest BCUT2D eigenvalue weighted by atomic mass is 35.5. The molecule has 0 N–H and O–H groups in total. The fraction of sp³-hybridized carbons (Fsp3) is 0.143. The molecule has 2 aromatic carbocycles. The highest BCUT2D eigenvalue weighted by Gasteiger charge is 2.04. The lowest BCUT2D eigenvalue weighted by atomic mass is 10.2. The number of hydrogen-bond acceptors (Lipinski definition) is 1. The van der Waals surface area contributed by atoms with Gasteiger partial charge in [-0.25, -0.2) is 8.78 Å². The summed E-state index contributed by atoms with van der Waals surface area (Å²) in [6, 6.07) is 10.7. The Balaban J connectivity index is 2.06. The van der Waals surface area contributed by atoms with E-state index in [1.165, 1.54) is 12.1 Å². The zero-order valence-corrected chi connectivity index (χ0v) is 10.3. The number of benzene rings is 2. The zero-order chi connectivity index (χ0) is 13.0. The molecule has 94 valence electrons. The molecule has 0 atom stereocenters. The van der Waals surface area contributed by atoms with Crippen molar-refractivity contribution in [1.29, 1.82) is 0 Å². The minimum Gasteiger partial charge on any atom is -0.489 e. The van der Waals surface area contributed by atoms with Crippen molar-refractivity contribution >= 4 is 11.6 Å². The highest BCUT2D eigenvalue weighted by molar-refractivity contribution is 6.17. The van der Waals surface area contributed by atoms with Gasteiger partial charge in [0.05, 0.1) is 0 Å². The Morgan fingerprint density at radius 2 is 1.89 bits per heavy atom. The quantitative estimate of drug-likeness (QED) is 0.752. The van der Waals surface area contributed by atoms with Crippen LogP contribution in [0.2, 0.25) is 0 Å². The van der Waals surface area contributed by atoms with Gasteiger partial charge in [0, 0.05) is 17.5 Å². The molecule has 0 aliphatic carbocycles. The van der Waals surface area contributed by atoms with Gasteiger partial charge in [0.15, 0.2) is 0 Å². The third kappa shape index (κ3) is 3.20. The van der Waals surface area contributed by atoms with E-state index in [0.717, 1.165) is 11.6 Å². The summed E-state index contributed by atoms with van der Waals surface area (Å²) >= 11 is 5.70. The SMILES string of the molecule is Fc1ccc(COc2cccc(CCl)c2)c(F)c1. The first-order valence-corrected chi connectivity index (χ1v) is 5.94. The summed E-state index contributed by atoms with van der Waals surface area (Å²) in [4.78, 5) is 0. The van der Waals surface area contributed by atoms with Crippen LogP contribution in [-0.4, -0.2) is 0 Å². The molecule has 0 heterocycles. The number of hydrogen-bond donors (Lipinski definition) is 0. The Morgan fingerprint density at radius 1 is 1.06 bits per heavy atom. The van der Waals surface area contributed by atoms with E-state index < -0.39 is 11.6 Å². The van der Waals surface area contributed by atoms with E-state index in [1.54, 1.807) is 12.1 Å². The van der Waals surface area contributed by atoms with E-state index in [2.05, 4.69) is 0 Å². The van der Waals surface area contributed by atoms with Gasteiger partial charge in [0.25, 0.3) is 0 Å². The van der Waals surface area contributed by atoms with Gasteiger partial charge >= 0.3 is 0 Å². The van der Waals surface area contributed by atoms with E-state index in [0.29, 0.717) is 17.2 Å². The van der Waals surface area contributed by atoms with Crippen molar-refractivity contribution in [1.82, 2.24) is 0 Å². The molecule has 0 radical (unpaired) electrons. The van der Waals surface area contributed by atoms with Crippen LogP contribution in [0.5, 0.6) is 5.75 Å². The second-order valence-corrected chi connectivity index (χ2v) is 4.07. The van der Waals surface area contributed by atoms with Crippen LogP contribution in [0.25, 0.3) is 0 Å². The normalized spacial score (nSPS) is 10.4. The maximum absolute atomic E-state index is 13.4. The molecule has 0 fully saturated rings. The molecule has 0 spiro atoms. The Morgan fingerprint density at radius 3 is 2.61 bits per heavy atom. The summed E-state index contributed by atoms with van der Waals surface area (Å²) in [5.41, 5.74) is 1.24. The summed E-state index contributed by atoms with van der Waals surface area (Å²) in [7, 11) is 0. The molecule has 0 saturated heterocycles. The van der Waals surface area contributed by atoms with Crippen molar-refractivity contribution < 1.29 is 13.5 Å². The van der Waals surface area contributed by atoms with Crippen LogP contribution in [0.3, 0.4) is 0 Å². The molecular formula is C14H11ClF2O. The minimum atomic E-state index is -0.608. The molecule has 0 aliphatic heterocycles. The van der Waals surface area contributed by atoms with Crippen molar-refractivity contribution in [3.63, 3.8) is 0 Å². The van der Waals surface area contributed by atoms with Gasteiger partial charge in [-0.05, 0) is 29.8 Å². The van der Waals surface area contributed by atoms with Gasteiger partial charge in [-0.2, -0.15) is 0 Å². The van der Waals surface area contributed by atoms with Crippen LogP contribution in [0.15, 0.2) is 42.5 Å². The molecule has 0 aliphatic rings. The van der Waals surface area contributed by atoms with Crippen molar-refractivity contribution in [2.24, 2.45) is 0 Å². The van der Waals surface area contributed by atoms with Crippen molar-refractivity contribution in [3.05, 3.63) is 65.2 Å². The second-order valence-electron chi connectivity index (χ2n) is 3.81. The van der Waals surface area contributed by atoms with Gasteiger partial charge in [0.2, 0.25) is 0 Å². The number of halogens is 3. The van der Waals surface area contributed by atoms with Crippen LogP contribution in [-0.2, 0) is 12.5 Å². The standard InChI is InChI=1S/C14H11ClF2O/c15-8-10-2-1-3-13(6-10)18-9-11-4-5-12(16)7-14(11)17/h1-7H,8-9H2. The predicted molar refractivity (Wildman–Crippen MR) is 66.7 cm³/mol. The molecular weight excluding hydrogens is 258 g/mol. The third-order valence-electron chi connectivity index (χ3n) is 2.46. The van der Waals surface area contributed by atoms with Crippen molar-refractivity contribution in [2.75, 3.05) is 0 Å². The first-order valence-electron chi connectivity index (χ1n) is 5.40. The Bertz CT molecular complexity index is 543. The Hall–Kier alpha value is -1.61. The van der Waals surface area contributed by atoms with E-state index >= 15 is 0 Å². The van der Waals surface area contributed by atoms with Crippen LogP contribution in [0.1, 0.15) is 11.1 Å². The lowest BCUT2D eigenvalue weighted by Crippen LogP contribution is -1.99. The molecule has 2 aromatic rings. The van der Waals surface area contributed by atoms with Crippen LogP contribution in [0, 0.1) is 11.6 Å². The van der Waals surface area contributed by atoms with E-state index in [1.807, 2.05) is 12.1 Å². The fourth-order valence-electron chi connectivity index (χ4n) is 1.52. The summed E-state index contributed by atoms with van der Waals surface area (Å²) in [5.74, 6) is -0.206. The zero-order valence-electron chi connectivity index (χ0n) is 9.50. The fourth-order valence-corrected chi connectivity index (χ4v) is 1.68. The summed E-state index contributed by atoms with van der Waals surface area (Å²) in [6.45, 7) is 0.0534. The smallest absolute Gasteiger partial charge is 0.132 e. The largest absolute Gasteiger partial charge is 0.489 e. The molecule has 18 heavy (non-hydrogen) atoms. The van der Waals surface area contributed by atoms with Gasteiger partial charge in [-0.15, -0.1) is 11.6 Å². The molecule has 0 saturated carbocycles. The maximum atomic E-state index is 13.4. The van der Waals surface area contributed by atoms with E-state index in [-0.39, 0.29) is 6.61 Å². The summed E-state index contributed by atoms with van der Waals surface area (Å²) < 4.78 is 31.5. The Labute approximate surface area is 109 Å². The average Bonchev–Trinajstić information content (AvgIpc) is 2.38. The van der Waals surface area contributed by atoms with Crippen LogP contribution in [0.4, 0.5) is 8.78 Å². The Kier molecular flexibility index (Phi) is 4.15. The lowest BCUT2D eigenvalue weighted by molar-refractivity contribution is 0.299. The number of ether oxygens (including phenoxy) is 1. The average molecular weight is 269 g/mol. The maximum Gasteiger partial charge on any atom is 0.132 e. The van der Waals surface area contributed by atoms with Crippen LogP contribution < -0.4 is 4.74 Å². The third-order valence-corrected chi connectivity index (χ3v) is 2.77. The lowest BCUT2D eigenvalue weighted by Gasteiger charge is -2.08. The molecule has 1 nitrogen and oxygen atoms in total. The highest BCUT2D eigenvalue weighted by Crippen LogP contribution is 2.17. The summed E-state index contributed by atoms with van der Waals surface area (Å²) in [5, 5.41) is 0. The molecule has 2 rings (SSSR count). The van der Waals surface area contributed by atoms with Crippen LogP contribution >= 0.6 is 11.6 Å². The topological polar surface area (TPSA) is 9.23 Å².